The van der Waals surface area contributed by atoms with Gasteiger partial charge in [-0.3, -0.25) is 4.90 Å². The van der Waals surface area contributed by atoms with Gasteiger partial charge in [0.2, 0.25) is 0 Å². The minimum atomic E-state index is 0.384. The molecule has 0 radical (unpaired) electrons. The zero-order valence-corrected chi connectivity index (χ0v) is 12.7. The van der Waals surface area contributed by atoms with Crippen LogP contribution in [0.3, 0.4) is 0 Å². The van der Waals surface area contributed by atoms with E-state index in [-0.39, 0.29) is 0 Å². The molecule has 0 amide bonds. The monoisotopic (exact) mass is 247 g/mol. The second-order valence-corrected chi connectivity index (χ2v) is 5.68. The third-order valence-electron chi connectivity index (χ3n) is 2.80. The van der Waals surface area contributed by atoms with E-state index in [1.165, 1.54) is 22.3 Å². The summed E-state index contributed by atoms with van der Waals surface area (Å²) in [4.78, 5) is 2.41. The summed E-state index contributed by atoms with van der Waals surface area (Å²) in [5, 5.41) is 0. The number of hydrogen-bond acceptors (Lipinski definition) is 1. The number of rotatable bonds is 9. The largest absolute Gasteiger partial charge is 0.289 e. The Morgan fingerprint density at radius 3 is 1.56 bits per heavy atom. The number of nitrogens with zero attached hydrogens (tertiary/aromatic N) is 1. The first-order chi connectivity index (χ1) is 8.23. The summed E-state index contributed by atoms with van der Waals surface area (Å²) in [6.45, 7) is 26.3. The van der Waals surface area contributed by atoms with Gasteiger partial charge < -0.3 is 0 Å². The fourth-order valence-corrected chi connectivity index (χ4v) is 2.09. The van der Waals surface area contributed by atoms with E-state index in [4.69, 9.17) is 0 Å². The van der Waals surface area contributed by atoms with Gasteiger partial charge in [-0.25, -0.2) is 0 Å². The van der Waals surface area contributed by atoms with Crippen LogP contribution in [0.4, 0.5) is 0 Å². The second kappa shape index (κ2) is 8.10. The summed E-state index contributed by atoms with van der Waals surface area (Å²) in [5.74, 6) is 0. The third-order valence-corrected chi connectivity index (χ3v) is 2.80. The Balaban J connectivity index is 4.83. The molecular weight excluding hydrogens is 218 g/mol. The SMILES string of the molecule is C=C(C)CCC(C(=C)C)N(CC(=C)C)CC(=C)C. The fourth-order valence-electron chi connectivity index (χ4n) is 2.09. The summed E-state index contributed by atoms with van der Waals surface area (Å²) in [6, 6.07) is 0.384. The Morgan fingerprint density at radius 1 is 0.833 bits per heavy atom. The molecule has 0 spiro atoms. The summed E-state index contributed by atoms with van der Waals surface area (Å²) >= 11 is 0. The topological polar surface area (TPSA) is 3.24 Å². The lowest BCUT2D eigenvalue weighted by Gasteiger charge is -2.33. The Hall–Kier alpha value is -1.08. The molecule has 0 saturated heterocycles. The predicted octanol–water partition coefficient (Wildman–Crippen LogP) is 4.74. The highest BCUT2D eigenvalue weighted by Crippen LogP contribution is 2.19. The van der Waals surface area contributed by atoms with Crippen molar-refractivity contribution in [2.45, 2.75) is 46.6 Å². The van der Waals surface area contributed by atoms with Crippen molar-refractivity contribution in [3.05, 3.63) is 48.6 Å². The molecule has 0 bridgehead atoms. The maximum Gasteiger partial charge on any atom is 0.0312 e. The summed E-state index contributed by atoms with van der Waals surface area (Å²) in [5.41, 5.74) is 4.79. The molecule has 0 aliphatic rings. The molecule has 1 nitrogen and oxygen atoms in total. The quantitative estimate of drug-likeness (QED) is 0.532. The molecular formula is C17H29N. The molecule has 0 aromatic carbocycles. The van der Waals surface area contributed by atoms with Crippen molar-refractivity contribution in [2.75, 3.05) is 13.1 Å². The Kier molecular flexibility index (Phi) is 7.61. The molecule has 1 heteroatoms. The average molecular weight is 247 g/mol. The first kappa shape index (κ1) is 16.9. The molecule has 0 saturated carbocycles. The van der Waals surface area contributed by atoms with Crippen LogP contribution >= 0.6 is 0 Å². The van der Waals surface area contributed by atoms with Crippen LogP contribution in [0.5, 0.6) is 0 Å². The van der Waals surface area contributed by atoms with Gasteiger partial charge in [0.1, 0.15) is 0 Å². The molecule has 0 rings (SSSR count). The highest BCUT2D eigenvalue weighted by atomic mass is 15.2. The molecule has 102 valence electrons. The highest BCUT2D eigenvalue weighted by Gasteiger charge is 2.18. The van der Waals surface area contributed by atoms with Crippen molar-refractivity contribution in [1.82, 2.24) is 4.90 Å². The normalized spacial score (nSPS) is 12.3. The van der Waals surface area contributed by atoms with Crippen LogP contribution in [0, 0.1) is 0 Å². The maximum atomic E-state index is 4.14. The lowest BCUT2D eigenvalue weighted by atomic mass is 9.99. The lowest BCUT2D eigenvalue weighted by Crippen LogP contribution is -2.38. The van der Waals surface area contributed by atoms with Gasteiger partial charge in [-0.15, -0.1) is 6.58 Å². The van der Waals surface area contributed by atoms with Crippen LogP contribution in [-0.4, -0.2) is 24.0 Å². The maximum absolute atomic E-state index is 4.14. The van der Waals surface area contributed by atoms with Gasteiger partial charge in [0.15, 0.2) is 0 Å². The van der Waals surface area contributed by atoms with Gasteiger partial charge in [-0.05, 0) is 40.5 Å². The van der Waals surface area contributed by atoms with Gasteiger partial charge in [0.05, 0.1) is 0 Å². The van der Waals surface area contributed by atoms with Crippen molar-refractivity contribution in [1.29, 1.82) is 0 Å². The van der Waals surface area contributed by atoms with Crippen molar-refractivity contribution in [3.63, 3.8) is 0 Å². The average Bonchev–Trinajstić information content (AvgIpc) is 2.14. The van der Waals surface area contributed by atoms with E-state index < -0.39 is 0 Å². The Morgan fingerprint density at radius 2 is 1.28 bits per heavy atom. The second-order valence-electron chi connectivity index (χ2n) is 5.68. The predicted molar refractivity (Wildman–Crippen MR) is 83.9 cm³/mol. The number of hydrogen-bond donors (Lipinski definition) is 0. The van der Waals surface area contributed by atoms with Gasteiger partial charge in [-0.1, -0.05) is 42.0 Å². The van der Waals surface area contributed by atoms with Crippen LogP contribution in [0.15, 0.2) is 48.6 Å². The zero-order valence-electron chi connectivity index (χ0n) is 12.7. The van der Waals surface area contributed by atoms with E-state index in [2.05, 4.69) is 58.9 Å². The molecule has 1 atom stereocenters. The summed E-state index contributed by atoms with van der Waals surface area (Å²) in [6.07, 6.45) is 2.12. The molecule has 0 fully saturated rings. The Labute approximate surface area is 114 Å². The third kappa shape index (κ3) is 7.29. The van der Waals surface area contributed by atoms with Gasteiger partial charge >= 0.3 is 0 Å². The van der Waals surface area contributed by atoms with E-state index in [0.717, 1.165) is 25.9 Å². The molecule has 0 aromatic heterocycles. The first-order valence-electron chi connectivity index (χ1n) is 6.56. The molecule has 18 heavy (non-hydrogen) atoms. The van der Waals surface area contributed by atoms with E-state index in [9.17, 15) is 0 Å². The van der Waals surface area contributed by atoms with Crippen molar-refractivity contribution < 1.29 is 0 Å². The minimum absolute atomic E-state index is 0.384. The van der Waals surface area contributed by atoms with Crippen LogP contribution < -0.4 is 0 Å². The van der Waals surface area contributed by atoms with Crippen LogP contribution in [0.1, 0.15) is 40.5 Å². The zero-order chi connectivity index (χ0) is 14.3. The molecule has 0 aromatic rings. The number of allylic oxidation sites excluding steroid dienone is 1. The summed E-state index contributed by atoms with van der Waals surface area (Å²) < 4.78 is 0. The standard InChI is InChI=1S/C17H29N/c1-13(2)9-10-17(16(7)8)18(11-14(3)4)12-15(5)6/h17H,1,3,5,7,9-12H2,2,4,6,8H3. The summed E-state index contributed by atoms with van der Waals surface area (Å²) in [7, 11) is 0. The van der Waals surface area contributed by atoms with Gasteiger partial charge in [-0.2, -0.15) is 0 Å². The minimum Gasteiger partial charge on any atom is -0.289 e. The van der Waals surface area contributed by atoms with E-state index in [1.807, 2.05) is 0 Å². The lowest BCUT2D eigenvalue weighted by molar-refractivity contribution is 0.248. The highest BCUT2D eigenvalue weighted by molar-refractivity contribution is 5.09. The van der Waals surface area contributed by atoms with E-state index in [0.29, 0.717) is 6.04 Å². The van der Waals surface area contributed by atoms with Gasteiger partial charge in [0.25, 0.3) is 0 Å². The molecule has 0 N–H and O–H groups in total. The van der Waals surface area contributed by atoms with E-state index in [1.54, 1.807) is 0 Å². The van der Waals surface area contributed by atoms with Crippen molar-refractivity contribution in [3.8, 4) is 0 Å². The van der Waals surface area contributed by atoms with Crippen molar-refractivity contribution in [2.24, 2.45) is 0 Å². The Bertz CT molecular complexity index is 320. The van der Waals surface area contributed by atoms with Crippen LogP contribution in [0.25, 0.3) is 0 Å². The molecule has 1 unspecified atom stereocenters. The van der Waals surface area contributed by atoms with Crippen molar-refractivity contribution >= 4 is 0 Å². The molecule has 0 aliphatic heterocycles. The van der Waals surface area contributed by atoms with Crippen LogP contribution in [0.2, 0.25) is 0 Å². The smallest absolute Gasteiger partial charge is 0.0312 e. The fraction of sp³-hybridized carbons (Fsp3) is 0.529. The van der Waals surface area contributed by atoms with Gasteiger partial charge in [0, 0.05) is 19.1 Å². The van der Waals surface area contributed by atoms with Crippen LogP contribution in [-0.2, 0) is 0 Å². The van der Waals surface area contributed by atoms with E-state index >= 15 is 0 Å². The first-order valence-corrected chi connectivity index (χ1v) is 6.56. The molecule has 0 aliphatic carbocycles. The molecule has 0 heterocycles.